The summed E-state index contributed by atoms with van der Waals surface area (Å²) in [6.45, 7) is 0. The van der Waals surface area contributed by atoms with Gasteiger partial charge in [-0.05, 0) is 16.0 Å². The van der Waals surface area contributed by atoms with Crippen LogP contribution < -0.4 is 0 Å². The van der Waals surface area contributed by atoms with Gasteiger partial charge in [-0.2, -0.15) is 13.2 Å². The molecule has 3 rings (SSSR count). The number of aromatic nitrogens is 4. The average molecular weight is 335 g/mol. The van der Waals surface area contributed by atoms with E-state index >= 15 is 0 Å². The molecule has 10 heteroatoms. The van der Waals surface area contributed by atoms with Gasteiger partial charge in [0.05, 0.1) is 5.69 Å². The van der Waals surface area contributed by atoms with Gasteiger partial charge < -0.3 is 10.1 Å². The Morgan fingerprint density at radius 1 is 1.12 bits per heavy atom. The monoisotopic (exact) mass is 335 g/mol. The van der Waals surface area contributed by atoms with Crippen LogP contribution in [-0.2, 0) is 6.18 Å². The Bertz CT molecular complexity index is 893. The van der Waals surface area contributed by atoms with Crippen LogP contribution in [0.4, 0.5) is 19.0 Å². The third-order valence-corrected chi connectivity index (χ3v) is 3.06. The van der Waals surface area contributed by atoms with Crippen LogP contribution >= 0.6 is 0 Å². The molecule has 0 spiro atoms. The molecule has 3 aromatic rings. The van der Waals surface area contributed by atoms with E-state index in [9.17, 15) is 23.3 Å². The van der Waals surface area contributed by atoms with Crippen molar-refractivity contribution in [3.05, 3.63) is 64.7 Å². The molecule has 0 aliphatic carbocycles. The second-order valence-electron chi connectivity index (χ2n) is 4.70. The van der Waals surface area contributed by atoms with Crippen molar-refractivity contribution in [2.45, 2.75) is 6.18 Å². The highest BCUT2D eigenvalue weighted by molar-refractivity contribution is 5.60. The molecule has 1 aromatic carbocycles. The standard InChI is InChI=1S/C14H8F3N5O2/c15-14(16,17)11-6-10(9-4-2-1-3-5-9)19-13(20-11)21-7-12(18-8-21)22(23)24/h1-8H. The minimum Gasteiger partial charge on any atom is -0.358 e. The molecule has 0 aliphatic heterocycles. The molecule has 0 saturated heterocycles. The largest absolute Gasteiger partial charge is 0.433 e. The van der Waals surface area contributed by atoms with E-state index in [2.05, 4.69) is 15.0 Å². The molecule has 0 aliphatic rings. The summed E-state index contributed by atoms with van der Waals surface area (Å²) in [5.41, 5.74) is -0.645. The zero-order valence-corrected chi connectivity index (χ0v) is 11.8. The minimum absolute atomic E-state index is 0.0456. The lowest BCUT2D eigenvalue weighted by atomic mass is 10.1. The van der Waals surface area contributed by atoms with Gasteiger partial charge in [0.25, 0.3) is 0 Å². The Hall–Kier alpha value is -3.30. The second-order valence-corrected chi connectivity index (χ2v) is 4.70. The minimum atomic E-state index is -4.69. The quantitative estimate of drug-likeness (QED) is 0.541. The third-order valence-electron chi connectivity index (χ3n) is 3.06. The van der Waals surface area contributed by atoms with E-state index < -0.39 is 22.6 Å². The summed E-state index contributed by atoms with van der Waals surface area (Å²) in [6, 6.07) is 9.06. The normalized spacial score (nSPS) is 11.5. The zero-order chi connectivity index (χ0) is 17.3. The van der Waals surface area contributed by atoms with Crippen LogP contribution in [0.25, 0.3) is 17.2 Å². The molecule has 7 nitrogen and oxygen atoms in total. The number of nitro groups is 1. The summed E-state index contributed by atoms with van der Waals surface area (Å²) in [5.74, 6) is -0.874. The fourth-order valence-electron chi connectivity index (χ4n) is 1.97. The highest BCUT2D eigenvalue weighted by Gasteiger charge is 2.34. The van der Waals surface area contributed by atoms with Gasteiger partial charge in [-0.3, -0.25) is 0 Å². The Labute approximate surface area is 132 Å². The number of alkyl halides is 3. The molecule has 0 radical (unpaired) electrons. The first-order valence-electron chi connectivity index (χ1n) is 6.55. The van der Waals surface area contributed by atoms with Crippen LogP contribution in [0, 0.1) is 10.1 Å². The molecule has 2 aromatic heterocycles. The Balaban J connectivity index is 2.16. The predicted molar refractivity (Wildman–Crippen MR) is 76.2 cm³/mol. The van der Waals surface area contributed by atoms with E-state index in [1.54, 1.807) is 30.3 Å². The second kappa shape index (κ2) is 5.72. The Kier molecular flexibility index (Phi) is 3.72. The molecule has 0 amide bonds. The molecule has 122 valence electrons. The van der Waals surface area contributed by atoms with Crippen molar-refractivity contribution < 1.29 is 18.1 Å². The van der Waals surface area contributed by atoms with Crippen molar-refractivity contribution in [3.8, 4) is 17.2 Å². The molecule has 0 bridgehead atoms. The number of benzene rings is 1. The van der Waals surface area contributed by atoms with Crippen LogP contribution in [0.1, 0.15) is 5.69 Å². The van der Waals surface area contributed by atoms with Gasteiger partial charge in [0.1, 0.15) is 6.20 Å². The molecular weight excluding hydrogens is 327 g/mol. The van der Waals surface area contributed by atoms with Crippen molar-refractivity contribution in [2.24, 2.45) is 0 Å². The summed E-state index contributed by atoms with van der Waals surface area (Å²) in [5, 5.41) is 10.7. The molecule has 0 N–H and O–H groups in total. The lowest BCUT2D eigenvalue weighted by Gasteiger charge is -2.10. The van der Waals surface area contributed by atoms with Crippen LogP contribution in [0.3, 0.4) is 0 Å². The van der Waals surface area contributed by atoms with Gasteiger partial charge in [0, 0.05) is 5.56 Å². The fourth-order valence-corrected chi connectivity index (χ4v) is 1.97. The maximum absolute atomic E-state index is 13.1. The van der Waals surface area contributed by atoms with Gasteiger partial charge in [0.15, 0.2) is 5.69 Å². The van der Waals surface area contributed by atoms with Gasteiger partial charge in [-0.25, -0.2) is 14.5 Å². The van der Waals surface area contributed by atoms with Crippen LogP contribution in [0.15, 0.2) is 48.9 Å². The van der Waals surface area contributed by atoms with Crippen LogP contribution in [-0.4, -0.2) is 24.4 Å². The van der Waals surface area contributed by atoms with Gasteiger partial charge in [0.2, 0.25) is 12.3 Å². The predicted octanol–water partition coefficient (Wildman–Crippen LogP) is 3.26. The Morgan fingerprint density at radius 3 is 2.42 bits per heavy atom. The van der Waals surface area contributed by atoms with Gasteiger partial charge in [-0.1, -0.05) is 30.3 Å². The number of nitrogens with zero attached hydrogens (tertiary/aromatic N) is 5. The molecule has 24 heavy (non-hydrogen) atoms. The molecular formula is C14H8F3N5O2. The number of rotatable bonds is 3. The van der Waals surface area contributed by atoms with Gasteiger partial charge in [-0.15, -0.1) is 0 Å². The van der Waals surface area contributed by atoms with E-state index in [0.29, 0.717) is 5.56 Å². The summed E-state index contributed by atoms with van der Waals surface area (Å²) in [4.78, 5) is 20.9. The summed E-state index contributed by atoms with van der Waals surface area (Å²) < 4.78 is 40.2. The summed E-state index contributed by atoms with van der Waals surface area (Å²) >= 11 is 0. The Morgan fingerprint density at radius 2 is 1.83 bits per heavy atom. The summed E-state index contributed by atoms with van der Waals surface area (Å²) in [6.07, 6.45) is -2.75. The van der Waals surface area contributed by atoms with E-state index in [-0.39, 0.29) is 11.6 Å². The SMILES string of the molecule is O=[N+]([O-])c1cn(-c2nc(-c3ccccc3)cc(C(F)(F)F)n2)cn1. The first kappa shape index (κ1) is 15.6. The van der Waals surface area contributed by atoms with Crippen molar-refractivity contribution in [1.29, 1.82) is 0 Å². The van der Waals surface area contributed by atoms with Crippen LogP contribution in [0.2, 0.25) is 0 Å². The topological polar surface area (TPSA) is 86.7 Å². The van der Waals surface area contributed by atoms with E-state index in [1.807, 2.05) is 0 Å². The van der Waals surface area contributed by atoms with Crippen molar-refractivity contribution in [2.75, 3.05) is 0 Å². The highest BCUT2D eigenvalue weighted by atomic mass is 19.4. The molecule has 0 fully saturated rings. The zero-order valence-electron chi connectivity index (χ0n) is 11.8. The number of hydrogen-bond acceptors (Lipinski definition) is 5. The van der Waals surface area contributed by atoms with Crippen molar-refractivity contribution >= 4 is 5.82 Å². The molecule has 0 unspecified atom stereocenters. The highest BCUT2D eigenvalue weighted by Crippen LogP contribution is 2.31. The maximum atomic E-state index is 13.1. The first-order chi connectivity index (χ1) is 11.3. The van der Waals surface area contributed by atoms with E-state index in [4.69, 9.17) is 0 Å². The molecule has 0 saturated carbocycles. The smallest absolute Gasteiger partial charge is 0.358 e. The number of imidazole rings is 1. The molecule has 2 heterocycles. The third kappa shape index (κ3) is 3.07. The summed E-state index contributed by atoms with van der Waals surface area (Å²) in [7, 11) is 0. The van der Waals surface area contributed by atoms with Crippen molar-refractivity contribution in [3.63, 3.8) is 0 Å². The van der Waals surface area contributed by atoms with Crippen LogP contribution in [0.5, 0.6) is 0 Å². The number of halogens is 3. The van der Waals surface area contributed by atoms with E-state index in [0.717, 1.165) is 23.2 Å². The maximum Gasteiger partial charge on any atom is 0.433 e. The van der Waals surface area contributed by atoms with Crippen molar-refractivity contribution in [1.82, 2.24) is 19.5 Å². The lowest BCUT2D eigenvalue weighted by molar-refractivity contribution is -0.389. The molecule has 0 atom stereocenters. The average Bonchev–Trinajstić information content (AvgIpc) is 3.05. The first-order valence-corrected chi connectivity index (χ1v) is 6.55. The van der Waals surface area contributed by atoms with E-state index in [1.165, 1.54) is 0 Å². The van der Waals surface area contributed by atoms with Gasteiger partial charge >= 0.3 is 12.0 Å². The number of hydrogen-bond donors (Lipinski definition) is 0. The lowest BCUT2D eigenvalue weighted by Crippen LogP contribution is -2.12. The fraction of sp³-hybridized carbons (Fsp3) is 0.0714.